The van der Waals surface area contributed by atoms with Crippen LogP contribution in [0.15, 0.2) is 24.3 Å². The Morgan fingerprint density at radius 2 is 1.90 bits per heavy atom. The van der Waals surface area contributed by atoms with Crippen LogP contribution in [0.5, 0.6) is 5.75 Å². The van der Waals surface area contributed by atoms with Gasteiger partial charge in [0.25, 0.3) is 0 Å². The Bertz CT molecular complexity index is 418. The van der Waals surface area contributed by atoms with E-state index in [1.807, 2.05) is 31.2 Å². The number of carbonyl (C=O) groups is 1. The lowest BCUT2D eigenvalue weighted by molar-refractivity contribution is -0.148. The quantitative estimate of drug-likeness (QED) is 0.742. The van der Waals surface area contributed by atoms with E-state index in [0.717, 1.165) is 11.4 Å². The maximum atomic E-state index is 12.1. The number of methoxy groups -OCH3 is 2. The molecular formula is C15H23NO4. The molecule has 1 unspecified atom stereocenters. The highest BCUT2D eigenvalue weighted by Gasteiger charge is 2.34. The third kappa shape index (κ3) is 4.42. The van der Waals surface area contributed by atoms with Crippen LogP contribution in [-0.4, -0.2) is 38.9 Å². The van der Waals surface area contributed by atoms with Crippen molar-refractivity contribution in [1.29, 1.82) is 0 Å². The molecule has 0 saturated carbocycles. The number of hydrogen-bond donors (Lipinski definition) is 1. The van der Waals surface area contributed by atoms with E-state index < -0.39 is 5.54 Å². The molecule has 0 aliphatic rings. The first-order valence-corrected chi connectivity index (χ1v) is 6.64. The van der Waals surface area contributed by atoms with E-state index in [0.29, 0.717) is 19.6 Å². The van der Waals surface area contributed by atoms with Gasteiger partial charge < -0.3 is 19.5 Å². The number of rotatable bonds is 8. The molecule has 5 heteroatoms. The molecule has 1 atom stereocenters. The molecule has 0 fully saturated rings. The van der Waals surface area contributed by atoms with E-state index in [9.17, 15) is 4.79 Å². The lowest BCUT2D eigenvalue weighted by Gasteiger charge is -2.29. The Balaban J connectivity index is 2.84. The van der Waals surface area contributed by atoms with Crippen molar-refractivity contribution in [3.8, 4) is 5.75 Å². The molecule has 0 aromatic heterocycles. The van der Waals surface area contributed by atoms with Crippen LogP contribution in [0.2, 0.25) is 0 Å². The van der Waals surface area contributed by atoms with Gasteiger partial charge in [0.1, 0.15) is 11.3 Å². The third-order valence-corrected chi connectivity index (χ3v) is 3.04. The number of anilines is 1. The molecule has 1 aromatic carbocycles. The highest BCUT2D eigenvalue weighted by Crippen LogP contribution is 2.22. The standard InChI is InChI=1S/C15H23NO4/c1-5-20-14(17)15(2,10-11-18-3)16-12-6-8-13(19-4)9-7-12/h6-9,16H,5,10-11H2,1-4H3. The fourth-order valence-electron chi connectivity index (χ4n) is 1.81. The first-order chi connectivity index (χ1) is 9.55. The minimum Gasteiger partial charge on any atom is -0.497 e. The second kappa shape index (κ2) is 7.75. The fourth-order valence-corrected chi connectivity index (χ4v) is 1.81. The van der Waals surface area contributed by atoms with Crippen molar-refractivity contribution >= 4 is 11.7 Å². The van der Waals surface area contributed by atoms with Crippen molar-refractivity contribution in [3.05, 3.63) is 24.3 Å². The summed E-state index contributed by atoms with van der Waals surface area (Å²) in [5.74, 6) is 0.484. The third-order valence-electron chi connectivity index (χ3n) is 3.04. The molecule has 0 bridgehead atoms. The first-order valence-electron chi connectivity index (χ1n) is 6.64. The predicted molar refractivity (Wildman–Crippen MR) is 78.1 cm³/mol. The van der Waals surface area contributed by atoms with E-state index in [1.165, 1.54) is 0 Å². The molecule has 0 amide bonds. The number of esters is 1. The zero-order valence-electron chi connectivity index (χ0n) is 12.6. The van der Waals surface area contributed by atoms with Crippen LogP contribution in [0.3, 0.4) is 0 Å². The summed E-state index contributed by atoms with van der Waals surface area (Å²) in [6.07, 6.45) is 0.522. The van der Waals surface area contributed by atoms with Crippen LogP contribution in [0.25, 0.3) is 0 Å². The van der Waals surface area contributed by atoms with Crippen molar-refractivity contribution in [3.63, 3.8) is 0 Å². The van der Waals surface area contributed by atoms with Gasteiger partial charge >= 0.3 is 5.97 Å². The molecule has 0 aliphatic heterocycles. The predicted octanol–water partition coefficient (Wildman–Crippen LogP) is 2.47. The number of hydrogen-bond acceptors (Lipinski definition) is 5. The average Bonchev–Trinajstić information content (AvgIpc) is 2.46. The highest BCUT2D eigenvalue weighted by molar-refractivity contribution is 5.84. The topological polar surface area (TPSA) is 56.8 Å². The molecule has 112 valence electrons. The van der Waals surface area contributed by atoms with E-state index in [2.05, 4.69) is 5.32 Å². The van der Waals surface area contributed by atoms with Gasteiger partial charge in [0.05, 0.1) is 13.7 Å². The van der Waals surface area contributed by atoms with Crippen LogP contribution >= 0.6 is 0 Å². The van der Waals surface area contributed by atoms with Gasteiger partial charge in [-0.25, -0.2) is 4.79 Å². The van der Waals surface area contributed by atoms with Crippen molar-refractivity contribution in [2.45, 2.75) is 25.8 Å². The van der Waals surface area contributed by atoms with Gasteiger partial charge in [0.2, 0.25) is 0 Å². The Hall–Kier alpha value is -1.75. The summed E-state index contributed by atoms with van der Waals surface area (Å²) in [7, 11) is 3.22. The van der Waals surface area contributed by atoms with Gasteiger partial charge in [-0.3, -0.25) is 0 Å². The molecule has 1 N–H and O–H groups in total. The molecule has 20 heavy (non-hydrogen) atoms. The van der Waals surface area contributed by atoms with Crippen LogP contribution < -0.4 is 10.1 Å². The molecule has 0 saturated heterocycles. The van der Waals surface area contributed by atoms with Crippen molar-refractivity contribution in [2.24, 2.45) is 0 Å². The zero-order chi connectivity index (χ0) is 15.0. The van der Waals surface area contributed by atoms with Crippen LogP contribution in [0.1, 0.15) is 20.3 Å². The zero-order valence-corrected chi connectivity index (χ0v) is 12.6. The van der Waals surface area contributed by atoms with Gasteiger partial charge in [-0.2, -0.15) is 0 Å². The summed E-state index contributed by atoms with van der Waals surface area (Å²) in [6, 6.07) is 7.40. The molecule has 1 rings (SSSR count). The van der Waals surface area contributed by atoms with Crippen LogP contribution in [0, 0.1) is 0 Å². The smallest absolute Gasteiger partial charge is 0.331 e. The maximum Gasteiger partial charge on any atom is 0.331 e. The molecule has 5 nitrogen and oxygen atoms in total. The maximum absolute atomic E-state index is 12.1. The van der Waals surface area contributed by atoms with Gasteiger partial charge in [0.15, 0.2) is 0 Å². The molecule has 0 aliphatic carbocycles. The van der Waals surface area contributed by atoms with Gasteiger partial charge in [-0.15, -0.1) is 0 Å². The van der Waals surface area contributed by atoms with Crippen LogP contribution in [-0.2, 0) is 14.3 Å². The number of nitrogens with one attached hydrogen (secondary N) is 1. The molecule has 0 spiro atoms. The van der Waals surface area contributed by atoms with Gasteiger partial charge in [-0.1, -0.05) is 0 Å². The molecular weight excluding hydrogens is 258 g/mol. The highest BCUT2D eigenvalue weighted by atomic mass is 16.5. The average molecular weight is 281 g/mol. The summed E-state index contributed by atoms with van der Waals surface area (Å²) in [4.78, 5) is 12.1. The minimum atomic E-state index is -0.819. The lowest BCUT2D eigenvalue weighted by Crippen LogP contribution is -2.45. The molecule has 0 heterocycles. The lowest BCUT2D eigenvalue weighted by atomic mass is 9.97. The summed E-state index contributed by atoms with van der Waals surface area (Å²) in [6.45, 7) is 4.43. The molecule has 1 aromatic rings. The Morgan fingerprint density at radius 3 is 2.40 bits per heavy atom. The second-order valence-corrected chi connectivity index (χ2v) is 4.65. The number of benzene rings is 1. The number of carbonyl (C=O) groups excluding carboxylic acids is 1. The first kappa shape index (κ1) is 16.3. The largest absolute Gasteiger partial charge is 0.497 e. The van der Waals surface area contributed by atoms with Crippen molar-refractivity contribution in [2.75, 3.05) is 32.8 Å². The second-order valence-electron chi connectivity index (χ2n) is 4.65. The summed E-state index contributed by atoms with van der Waals surface area (Å²) in [5, 5.41) is 3.22. The Kier molecular flexibility index (Phi) is 6.31. The van der Waals surface area contributed by atoms with Crippen LogP contribution in [0.4, 0.5) is 5.69 Å². The normalized spacial score (nSPS) is 13.4. The summed E-state index contributed by atoms with van der Waals surface area (Å²) < 4.78 is 15.3. The summed E-state index contributed by atoms with van der Waals surface area (Å²) >= 11 is 0. The van der Waals surface area contributed by atoms with E-state index in [1.54, 1.807) is 21.1 Å². The van der Waals surface area contributed by atoms with E-state index in [4.69, 9.17) is 14.2 Å². The minimum absolute atomic E-state index is 0.284. The van der Waals surface area contributed by atoms with E-state index >= 15 is 0 Å². The number of ether oxygens (including phenoxy) is 3. The SMILES string of the molecule is CCOC(=O)C(C)(CCOC)Nc1ccc(OC)cc1. The van der Waals surface area contributed by atoms with Gasteiger partial charge in [0, 0.05) is 25.8 Å². The fraction of sp³-hybridized carbons (Fsp3) is 0.533. The summed E-state index contributed by atoms with van der Waals surface area (Å²) in [5.41, 5.74) is 0.0121. The Labute approximate surface area is 120 Å². The van der Waals surface area contributed by atoms with Crippen molar-refractivity contribution in [1.82, 2.24) is 0 Å². The monoisotopic (exact) mass is 281 g/mol. The molecule has 0 radical (unpaired) electrons. The van der Waals surface area contributed by atoms with Crippen molar-refractivity contribution < 1.29 is 19.0 Å². The van der Waals surface area contributed by atoms with E-state index in [-0.39, 0.29) is 5.97 Å². The Morgan fingerprint density at radius 1 is 1.25 bits per heavy atom. The van der Waals surface area contributed by atoms with Gasteiger partial charge in [-0.05, 0) is 38.1 Å².